The minimum Gasteiger partial charge on any atom is -0.362 e. The number of benzene rings is 3. The van der Waals surface area contributed by atoms with Crippen LogP contribution in [0.5, 0.6) is 0 Å². The Morgan fingerprint density at radius 1 is 0.742 bits per heavy atom. The SMILES string of the molecule is CC1CC(c2ccccc2)=CC=C1NC1=CC=CC(c2cccc3ccccc23)C1C. The third-order valence-electron chi connectivity index (χ3n) is 6.76. The van der Waals surface area contributed by atoms with Crippen molar-refractivity contribution in [3.63, 3.8) is 0 Å². The molecule has 0 saturated heterocycles. The summed E-state index contributed by atoms with van der Waals surface area (Å²) in [6, 6.07) is 26.1. The minimum absolute atomic E-state index is 0.369. The fourth-order valence-corrected chi connectivity index (χ4v) is 4.92. The van der Waals surface area contributed by atoms with Crippen LogP contribution in [-0.4, -0.2) is 0 Å². The Bertz CT molecular complexity index is 1200. The molecule has 154 valence electrons. The van der Waals surface area contributed by atoms with E-state index in [1.807, 2.05) is 0 Å². The first-order chi connectivity index (χ1) is 15.2. The summed E-state index contributed by atoms with van der Waals surface area (Å²) in [5, 5.41) is 6.47. The summed E-state index contributed by atoms with van der Waals surface area (Å²) >= 11 is 0. The van der Waals surface area contributed by atoms with Crippen LogP contribution in [0.25, 0.3) is 16.3 Å². The normalized spacial score (nSPS) is 23.2. The van der Waals surface area contributed by atoms with Crippen molar-refractivity contribution in [2.45, 2.75) is 26.2 Å². The molecule has 0 spiro atoms. The van der Waals surface area contributed by atoms with Gasteiger partial charge in [-0.25, -0.2) is 0 Å². The molecule has 0 radical (unpaired) electrons. The number of allylic oxidation sites excluding steroid dienone is 8. The van der Waals surface area contributed by atoms with Crippen LogP contribution in [0.15, 0.2) is 115 Å². The van der Waals surface area contributed by atoms with E-state index in [0.29, 0.717) is 17.8 Å². The minimum atomic E-state index is 0.369. The highest BCUT2D eigenvalue weighted by Gasteiger charge is 2.26. The first-order valence-electron chi connectivity index (χ1n) is 11.3. The third-order valence-corrected chi connectivity index (χ3v) is 6.76. The molecule has 5 rings (SSSR count). The Morgan fingerprint density at radius 3 is 2.35 bits per heavy atom. The second-order valence-corrected chi connectivity index (χ2v) is 8.80. The zero-order valence-electron chi connectivity index (χ0n) is 18.3. The predicted octanol–water partition coefficient (Wildman–Crippen LogP) is 7.61. The molecular formula is C30H29N. The molecule has 0 bridgehead atoms. The summed E-state index contributed by atoms with van der Waals surface area (Å²) < 4.78 is 0. The molecule has 3 atom stereocenters. The van der Waals surface area contributed by atoms with Crippen molar-refractivity contribution in [2.75, 3.05) is 0 Å². The van der Waals surface area contributed by atoms with Crippen LogP contribution in [0, 0.1) is 11.8 Å². The Kier molecular flexibility index (Phi) is 5.34. The number of hydrogen-bond donors (Lipinski definition) is 1. The van der Waals surface area contributed by atoms with Gasteiger partial charge in [0.05, 0.1) is 0 Å². The smallest absolute Gasteiger partial charge is 0.0186 e. The molecule has 2 aliphatic rings. The molecule has 3 unspecified atom stereocenters. The fourth-order valence-electron chi connectivity index (χ4n) is 4.92. The van der Waals surface area contributed by atoms with E-state index in [4.69, 9.17) is 0 Å². The van der Waals surface area contributed by atoms with Gasteiger partial charge in [0.1, 0.15) is 0 Å². The van der Waals surface area contributed by atoms with Crippen LogP contribution in [0.2, 0.25) is 0 Å². The molecule has 31 heavy (non-hydrogen) atoms. The van der Waals surface area contributed by atoms with Crippen molar-refractivity contribution in [2.24, 2.45) is 11.8 Å². The largest absolute Gasteiger partial charge is 0.362 e. The maximum Gasteiger partial charge on any atom is 0.0186 e. The van der Waals surface area contributed by atoms with E-state index >= 15 is 0 Å². The topological polar surface area (TPSA) is 12.0 Å². The van der Waals surface area contributed by atoms with E-state index in [1.54, 1.807) is 0 Å². The summed E-state index contributed by atoms with van der Waals surface area (Å²) in [5.41, 5.74) is 6.76. The van der Waals surface area contributed by atoms with Gasteiger partial charge in [-0.2, -0.15) is 0 Å². The molecule has 0 amide bonds. The van der Waals surface area contributed by atoms with Crippen molar-refractivity contribution in [3.8, 4) is 0 Å². The van der Waals surface area contributed by atoms with E-state index in [9.17, 15) is 0 Å². The Morgan fingerprint density at radius 2 is 1.52 bits per heavy atom. The van der Waals surface area contributed by atoms with Crippen LogP contribution in [0.4, 0.5) is 0 Å². The zero-order valence-corrected chi connectivity index (χ0v) is 18.3. The maximum absolute atomic E-state index is 3.80. The van der Waals surface area contributed by atoms with Crippen molar-refractivity contribution in [1.82, 2.24) is 5.32 Å². The average molecular weight is 404 g/mol. The molecule has 0 heterocycles. The molecule has 0 saturated carbocycles. The van der Waals surface area contributed by atoms with Crippen molar-refractivity contribution in [3.05, 3.63) is 126 Å². The monoisotopic (exact) mass is 403 g/mol. The van der Waals surface area contributed by atoms with E-state index < -0.39 is 0 Å². The molecule has 0 fully saturated rings. The van der Waals surface area contributed by atoms with Crippen LogP contribution in [0.3, 0.4) is 0 Å². The van der Waals surface area contributed by atoms with Crippen molar-refractivity contribution >= 4 is 16.3 Å². The van der Waals surface area contributed by atoms with Gasteiger partial charge in [0.15, 0.2) is 0 Å². The summed E-state index contributed by atoms with van der Waals surface area (Å²) in [7, 11) is 0. The van der Waals surface area contributed by atoms with Gasteiger partial charge in [-0.1, -0.05) is 105 Å². The van der Waals surface area contributed by atoms with E-state index in [0.717, 1.165) is 6.42 Å². The van der Waals surface area contributed by atoms with Gasteiger partial charge in [0, 0.05) is 29.1 Å². The molecule has 3 aromatic carbocycles. The van der Waals surface area contributed by atoms with E-state index in [2.05, 4.69) is 122 Å². The van der Waals surface area contributed by atoms with Crippen molar-refractivity contribution < 1.29 is 0 Å². The van der Waals surface area contributed by atoms with Gasteiger partial charge in [-0.05, 0) is 46.0 Å². The summed E-state index contributed by atoms with van der Waals surface area (Å²) in [6.45, 7) is 4.66. The Hall–Kier alpha value is -3.32. The Labute approximate surface area is 185 Å². The van der Waals surface area contributed by atoms with Crippen LogP contribution < -0.4 is 5.32 Å². The second-order valence-electron chi connectivity index (χ2n) is 8.80. The Balaban J connectivity index is 1.39. The molecule has 1 heteroatoms. The first kappa shape index (κ1) is 19.6. The first-order valence-corrected chi connectivity index (χ1v) is 11.3. The second kappa shape index (κ2) is 8.43. The lowest BCUT2D eigenvalue weighted by atomic mass is 9.79. The highest BCUT2D eigenvalue weighted by molar-refractivity contribution is 5.86. The number of fused-ring (bicyclic) bond motifs is 1. The molecule has 0 aromatic heterocycles. The highest BCUT2D eigenvalue weighted by Crippen LogP contribution is 2.38. The summed E-state index contributed by atoms with van der Waals surface area (Å²) in [5.74, 6) is 1.23. The average Bonchev–Trinajstić information content (AvgIpc) is 2.82. The molecule has 1 N–H and O–H groups in total. The van der Waals surface area contributed by atoms with Gasteiger partial charge in [0.2, 0.25) is 0 Å². The van der Waals surface area contributed by atoms with Crippen molar-refractivity contribution in [1.29, 1.82) is 0 Å². The van der Waals surface area contributed by atoms with Crippen LogP contribution in [0.1, 0.15) is 37.3 Å². The molecule has 0 aliphatic heterocycles. The third kappa shape index (κ3) is 3.88. The van der Waals surface area contributed by atoms with Gasteiger partial charge < -0.3 is 5.32 Å². The summed E-state index contributed by atoms with van der Waals surface area (Å²) in [4.78, 5) is 0. The van der Waals surface area contributed by atoms with Gasteiger partial charge in [0.25, 0.3) is 0 Å². The molecule has 2 aliphatic carbocycles. The number of hydrogen-bond acceptors (Lipinski definition) is 1. The molecular weight excluding hydrogens is 374 g/mol. The number of nitrogens with one attached hydrogen (secondary N) is 1. The standard InChI is InChI=1S/C30H29N/c1-21-20-25(23-10-4-3-5-11-23)18-19-29(21)31-30-17-9-15-26(22(30)2)28-16-8-13-24-12-6-7-14-27(24)28/h3-19,21-22,26,31H,20H2,1-2H3. The maximum atomic E-state index is 3.80. The van der Waals surface area contributed by atoms with Gasteiger partial charge in [-0.3, -0.25) is 0 Å². The lowest BCUT2D eigenvalue weighted by molar-refractivity contribution is 0.543. The molecule has 1 nitrogen and oxygen atoms in total. The van der Waals surface area contributed by atoms with Gasteiger partial charge >= 0.3 is 0 Å². The van der Waals surface area contributed by atoms with Gasteiger partial charge in [-0.15, -0.1) is 0 Å². The molecule has 3 aromatic rings. The highest BCUT2D eigenvalue weighted by atomic mass is 14.9. The zero-order chi connectivity index (χ0) is 21.2. The lowest BCUT2D eigenvalue weighted by Crippen LogP contribution is -2.27. The predicted molar refractivity (Wildman–Crippen MR) is 132 cm³/mol. The quantitative estimate of drug-likeness (QED) is 0.473. The number of rotatable bonds is 4. The van der Waals surface area contributed by atoms with Crippen LogP contribution in [-0.2, 0) is 0 Å². The lowest BCUT2D eigenvalue weighted by Gasteiger charge is -2.31. The van der Waals surface area contributed by atoms with E-state index in [-0.39, 0.29) is 0 Å². The van der Waals surface area contributed by atoms with E-state index in [1.165, 1.54) is 38.9 Å². The summed E-state index contributed by atoms with van der Waals surface area (Å²) in [6.07, 6.45) is 12.4. The van der Waals surface area contributed by atoms with Crippen LogP contribution >= 0.6 is 0 Å². The fraction of sp³-hybridized carbons (Fsp3) is 0.200.